The molecule has 0 fully saturated rings. The van der Waals surface area contributed by atoms with Crippen molar-refractivity contribution >= 4 is 11.6 Å². The third kappa shape index (κ3) is 3.27. The van der Waals surface area contributed by atoms with Gasteiger partial charge >= 0.3 is 5.97 Å². The van der Waals surface area contributed by atoms with Gasteiger partial charge in [-0.1, -0.05) is 36.1 Å². The normalized spacial score (nSPS) is 9.91. The lowest BCUT2D eigenvalue weighted by Gasteiger charge is -2.03. The van der Waals surface area contributed by atoms with Crippen LogP contribution in [0.5, 0.6) is 0 Å². The van der Waals surface area contributed by atoms with E-state index in [0.717, 1.165) is 5.56 Å². The number of carbonyl (C=O) groups excluding carboxylic acids is 1. The Hall–Kier alpha value is -3.39. The number of nitrogens with zero attached hydrogens (tertiary/aromatic N) is 2. The molecule has 3 rings (SSSR count). The molecule has 23 heavy (non-hydrogen) atoms. The number of rotatable bonds is 2. The first kappa shape index (κ1) is 14.5. The summed E-state index contributed by atoms with van der Waals surface area (Å²) in [6.07, 6.45) is 2.78. The van der Waals surface area contributed by atoms with Gasteiger partial charge in [0.15, 0.2) is 6.61 Å². The van der Waals surface area contributed by atoms with E-state index in [1.807, 2.05) is 30.3 Å². The van der Waals surface area contributed by atoms with Crippen molar-refractivity contribution in [1.29, 1.82) is 0 Å². The molecule has 0 amide bonds. The zero-order valence-electron chi connectivity index (χ0n) is 12.1. The molecule has 0 saturated heterocycles. The zero-order valence-corrected chi connectivity index (χ0v) is 12.1. The Morgan fingerprint density at radius 1 is 1.13 bits per heavy atom. The van der Waals surface area contributed by atoms with Crippen molar-refractivity contribution in [2.75, 3.05) is 6.61 Å². The lowest BCUT2D eigenvalue weighted by atomic mass is 10.2. The monoisotopic (exact) mass is 304 g/mol. The van der Waals surface area contributed by atoms with Crippen LogP contribution in [0.1, 0.15) is 15.9 Å². The molecule has 0 atom stereocenters. The number of hydrogen-bond acceptors (Lipinski definition) is 4. The van der Waals surface area contributed by atoms with Crippen LogP contribution in [0.25, 0.3) is 5.65 Å². The smallest absolute Gasteiger partial charge is 0.346 e. The number of carbonyl (C=O) groups is 1. The van der Waals surface area contributed by atoms with Gasteiger partial charge in [0.1, 0.15) is 11.2 Å². The number of benzene rings is 1. The first-order chi connectivity index (χ1) is 11.3. The third-order valence-electron chi connectivity index (χ3n) is 3.12. The molecule has 0 aliphatic rings. The average Bonchev–Trinajstić information content (AvgIpc) is 2.60. The van der Waals surface area contributed by atoms with E-state index in [9.17, 15) is 9.59 Å². The van der Waals surface area contributed by atoms with Crippen LogP contribution in [0, 0.1) is 11.8 Å². The topological polar surface area (TPSA) is 60.7 Å². The Kier molecular flexibility index (Phi) is 4.16. The number of esters is 1. The number of hydrogen-bond donors (Lipinski definition) is 0. The Balaban J connectivity index is 1.73. The lowest BCUT2D eigenvalue weighted by molar-refractivity contribution is 0.0554. The second-order valence-electron chi connectivity index (χ2n) is 4.65. The van der Waals surface area contributed by atoms with Gasteiger partial charge in [0, 0.05) is 18.0 Å². The maximum atomic E-state index is 12.2. The van der Waals surface area contributed by atoms with Crippen molar-refractivity contribution < 1.29 is 9.53 Å². The molecule has 3 aromatic rings. The lowest BCUT2D eigenvalue weighted by Crippen LogP contribution is -2.24. The fourth-order valence-electron chi connectivity index (χ4n) is 2.01. The number of ether oxygens (including phenoxy) is 1. The van der Waals surface area contributed by atoms with Crippen molar-refractivity contribution in [1.82, 2.24) is 9.38 Å². The summed E-state index contributed by atoms with van der Waals surface area (Å²) in [5.74, 6) is 4.87. The van der Waals surface area contributed by atoms with Crippen LogP contribution >= 0.6 is 0 Å². The first-order valence-corrected chi connectivity index (χ1v) is 6.93. The summed E-state index contributed by atoms with van der Waals surface area (Å²) < 4.78 is 6.31. The summed E-state index contributed by atoms with van der Waals surface area (Å²) in [6, 6.07) is 14.5. The molecule has 2 heterocycles. The van der Waals surface area contributed by atoms with Gasteiger partial charge < -0.3 is 4.74 Å². The fraction of sp³-hybridized carbons (Fsp3) is 0.0556. The molecule has 5 nitrogen and oxygen atoms in total. The summed E-state index contributed by atoms with van der Waals surface area (Å²) >= 11 is 0. The summed E-state index contributed by atoms with van der Waals surface area (Å²) in [4.78, 5) is 28.3. The highest BCUT2D eigenvalue weighted by Gasteiger charge is 2.13. The molecule has 0 aliphatic heterocycles. The van der Waals surface area contributed by atoms with Crippen LogP contribution in [0.15, 0.2) is 65.7 Å². The van der Waals surface area contributed by atoms with E-state index in [-0.39, 0.29) is 12.2 Å². The van der Waals surface area contributed by atoms with Crippen molar-refractivity contribution in [2.45, 2.75) is 0 Å². The summed E-state index contributed by atoms with van der Waals surface area (Å²) in [5.41, 5.74) is 0.723. The molecule has 2 aromatic heterocycles. The highest BCUT2D eigenvalue weighted by molar-refractivity contribution is 5.88. The molecule has 112 valence electrons. The van der Waals surface area contributed by atoms with Gasteiger partial charge in [0.25, 0.3) is 5.56 Å². The van der Waals surface area contributed by atoms with Gasteiger partial charge in [-0.15, -0.1) is 0 Å². The first-order valence-electron chi connectivity index (χ1n) is 6.93. The van der Waals surface area contributed by atoms with Crippen LogP contribution in [0.3, 0.4) is 0 Å². The van der Waals surface area contributed by atoms with E-state index < -0.39 is 11.5 Å². The Morgan fingerprint density at radius 3 is 2.74 bits per heavy atom. The summed E-state index contributed by atoms with van der Waals surface area (Å²) in [5, 5.41) is 0. The van der Waals surface area contributed by atoms with Gasteiger partial charge in [-0.2, -0.15) is 0 Å². The van der Waals surface area contributed by atoms with E-state index >= 15 is 0 Å². The molecular weight excluding hydrogens is 292 g/mol. The van der Waals surface area contributed by atoms with Crippen molar-refractivity contribution in [2.24, 2.45) is 0 Å². The van der Waals surface area contributed by atoms with Gasteiger partial charge in [-0.25, -0.2) is 9.78 Å². The predicted molar refractivity (Wildman–Crippen MR) is 85.1 cm³/mol. The summed E-state index contributed by atoms with van der Waals surface area (Å²) in [7, 11) is 0. The Bertz CT molecular complexity index is 966. The molecule has 0 unspecified atom stereocenters. The molecule has 0 aliphatic carbocycles. The van der Waals surface area contributed by atoms with Crippen LogP contribution in [0.2, 0.25) is 0 Å². The highest BCUT2D eigenvalue weighted by Crippen LogP contribution is 1.99. The minimum Gasteiger partial charge on any atom is -0.449 e. The molecule has 0 spiro atoms. The minimum atomic E-state index is -0.733. The van der Waals surface area contributed by atoms with Crippen LogP contribution < -0.4 is 5.56 Å². The van der Waals surface area contributed by atoms with Gasteiger partial charge in [0.05, 0.1) is 0 Å². The second-order valence-corrected chi connectivity index (χ2v) is 4.65. The van der Waals surface area contributed by atoms with E-state index in [1.54, 1.807) is 24.4 Å². The predicted octanol–water partition coefficient (Wildman–Crippen LogP) is 1.90. The quantitative estimate of drug-likeness (QED) is 0.536. The maximum Gasteiger partial charge on any atom is 0.346 e. The Morgan fingerprint density at radius 2 is 1.91 bits per heavy atom. The van der Waals surface area contributed by atoms with Gasteiger partial charge in [0.2, 0.25) is 0 Å². The largest absolute Gasteiger partial charge is 0.449 e. The summed E-state index contributed by atoms with van der Waals surface area (Å²) in [6.45, 7) is -0.0926. The standard InChI is InChI=1S/C18H12N2O3/c21-17-15(13-19-16-10-4-5-11-20(16)17)18(22)23-12-6-9-14-7-2-1-3-8-14/h1-5,7-8,10-11,13H,12H2. The van der Waals surface area contributed by atoms with E-state index in [4.69, 9.17) is 4.74 Å². The molecule has 5 heteroatoms. The second kappa shape index (κ2) is 6.58. The minimum absolute atomic E-state index is 0.0926. The number of pyridine rings is 1. The molecule has 0 N–H and O–H groups in total. The third-order valence-corrected chi connectivity index (χ3v) is 3.12. The van der Waals surface area contributed by atoms with Crippen molar-refractivity contribution in [3.63, 3.8) is 0 Å². The van der Waals surface area contributed by atoms with E-state index in [2.05, 4.69) is 16.8 Å². The Labute approximate surface area is 132 Å². The molecule has 0 saturated carbocycles. The van der Waals surface area contributed by atoms with Gasteiger partial charge in [-0.3, -0.25) is 9.20 Å². The van der Waals surface area contributed by atoms with Crippen LogP contribution in [-0.4, -0.2) is 22.0 Å². The van der Waals surface area contributed by atoms with Gasteiger partial charge in [-0.05, 0) is 24.3 Å². The highest BCUT2D eigenvalue weighted by atomic mass is 16.5. The van der Waals surface area contributed by atoms with E-state index in [1.165, 1.54) is 10.6 Å². The van der Waals surface area contributed by atoms with Crippen molar-refractivity contribution in [3.05, 3.63) is 82.4 Å². The van der Waals surface area contributed by atoms with Crippen molar-refractivity contribution in [3.8, 4) is 11.8 Å². The van der Waals surface area contributed by atoms with Crippen LogP contribution in [-0.2, 0) is 4.74 Å². The molecular formula is C18H12N2O3. The van der Waals surface area contributed by atoms with Crippen LogP contribution in [0.4, 0.5) is 0 Å². The molecule has 0 radical (unpaired) electrons. The molecule has 1 aromatic carbocycles. The SMILES string of the molecule is O=C(OCC#Cc1ccccc1)c1cnc2ccccn2c1=O. The molecule has 0 bridgehead atoms. The number of fused-ring (bicyclic) bond motifs is 1. The zero-order chi connectivity index (χ0) is 16.1. The number of aromatic nitrogens is 2. The maximum absolute atomic E-state index is 12.2. The average molecular weight is 304 g/mol. The fourth-order valence-corrected chi connectivity index (χ4v) is 2.01. The van der Waals surface area contributed by atoms with E-state index in [0.29, 0.717) is 5.65 Å².